The number of rotatable bonds is 5. The molecule has 0 heterocycles. The highest BCUT2D eigenvalue weighted by Crippen LogP contribution is 2.28. The molecule has 7 heteroatoms. The Bertz CT molecular complexity index is 716. The maximum Gasteiger partial charge on any atom is 0.224 e. The minimum Gasteiger partial charge on any atom is -0.497 e. The molecule has 1 aromatic carbocycles. The summed E-state index contributed by atoms with van der Waals surface area (Å²) in [6.45, 7) is 1.70. The van der Waals surface area contributed by atoms with Crippen LogP contribution in [0.1, 0.15) is 13.3 Å². The average Bonchev–Trinajstić information content (AvgIpc) is 2.55. The molecule has 0 fully saturated rings. The SMILES string of the molecule is CCC(=O)Nc1ccc(OC)cc1NC(C#N)=C(C#N)C#N. The number of carbonyl (C=O) groups excluding carboxylic acids is 1. The van der Waals surface area contributed by atoms with Gasteiger partial charge in [0.2, 0.25) is 5.91 Å². The number of nitrogens with zero attached hydrogens (tertiary/aromatic N) is 3. The number of carbonyl (C=O) groups is 1. The van der Waals surface area contributed by atoms with Crippen LogP contribution in [-0.2, 0) is 4.79 Å². The normalized spacial score (nSPS) is 8.68. The van der Waals surface area contributed by atoms with Crippen LogP contribution in [0.2, 0.25) is 0 Å². The van der Waals surface area contributed by atoms with Crippen LogP contribution in [0.5, 0.6) is 5.75 Å². The third kappa shape index (κ3) is 4.00. The minimum atomic E-state index is -0.349. The lowest BCUT2D eigenvalue weighted by Gasteiger charge is -2.13. The van der Waals surface area contributed by atoms with E-state index in [9.17, 15) is 4.79 Å². The van der Waals surface area contributed by atoms with Crippen LogP contribution in [-0.4, -0.2) is 13.0 Å². The number of ether oxygens (including phenoxy) is 1. The maximum atomic E-state index is 11.5. The topological polar surface area (TPSA) is 122 Å². The van der Waals surface area contributed by atoms with Gasteiger partial charge in [0.15, 0.2) is 5.57 Å². The van der Waals surface area contributed by atoms with Gasteiger partial charge < -0.3 is 15.4 Å². The number of hydrogen-bond acceptors (Lipinski definition) is 6. The molecule has 0 aliphatic rings. The number of methoxy groups -OCH3 is 1. The van der Waals surface area contributed by atoms with Crippen LogP contribution in [0.4, 0.5) is 11.4 Å². The molecule has 7 nitrogen and oxygen atoms in total. The van der Waals surface area contributed by atoms with Crippen LogP contribution in [0, 0.1) is 34.0 Å². The van der Waals surface area contributed by atoms with Crippen molar-refractivity contribution < 1.29 is 9.53 Å². The zero-order valence-electron chi connectivity index (χ0n) is 12.1. The molecule has 0 unspecified atom stereocenters. The van der Waals surface area contributed by atoms with Crippen molar-refractivity contribution in [1.82, 2.24) is 0 Å². The summed E-state index contributed by atoms with van der Waals surface area (Å²) in [4.78, 5) is 11.5. The first-order valence-corrected chi connectivity index (χ1v) is 6.29. The molecule has 0 spiro atoms. The lowest BCUT2D eigenvalue weighted by atomic mass is 10.2. The van der Waals surface area contributed by atoms with E-state index in [1.54, 1.807) is 43.3 Å². The number of amides is 1. The van der Waals surface area contributed by atoms with Gasteiger partial charge in [-0.05, 0) is 12.1 Å². The highest BCUT2D eigenvalue weighted by molar-refractivity contribution is 5.94. The molecule has 0 atom stereocenters. The van der Waals surface area contributed by atoms with Crippen molar-refractivity contribution in [3.63, 3.8) is 0 Å². The van der Waals surface area contributed by atoms with Crippen LogP contribution in [0.3, 0.4) is 0 Å². The molecule has 1 amide bonds. The second kappa shape index (κ2) is 7.94. The van der Waals surface area contributed by atoms with Gasteiger partial charge in [0.25, 0.3) is 0 Å². The smallest absolute Gasteiger partial charge is 0.224 e. The molecule has 110 valence electrons. The molecule has 0 saturated carbocycles. The Labute approximate surface area is 128 Å². The van der Waals surface area contributed by atoms with Gasteiger partial charge in [-0.1, -0.05) is 6.92 Å². The van der Waals surface area contributed by atoms with Gasteiger partial charge >= 0.3 is 0 Å². The fraction of sp³-hybridized carbons (Fsp3) is 0.200. The van der Waals surface area contributed by atoms with Crippen LogP contribution < -0.4 is 15.4 Å². The molecule has 0 aromatic heterocycles. The van der Waals surface area contributed by atoms with Crippen molar-refractivity contribution in [3.8, 4) is 24.0 Å². The van der Waals surface area contributed by atoms with Crippen molar-refractivity contribution in [3.05, 3.63) is 29.5 Å². The minimum absolute atomic E-state index is 0.203. The van der Waals surface area contributed by atoms with E-state index in [-0.39, 0.29) is 23.6 Å². The van der Waals surface area contributed by atoms with Gasteiger partial charge in [0.1, 0.15) is 29.7 Å². The zero-order chi connectivity index (χ0) is 16.5. The molecular formula is C15H13N5O2. The summed E-state index contributed by atoms with van der Waals surface area (Å²) >= 11 is 0. The maximum absolute atomic E-state index is 11.5. The molecule has 0 aliphatic carbocycles. The number of benzene rings is 1. The van der Waals surface area contributed by atoms with E-state index in [1.807, 2.05) is 0 Å². The Morgan fingerprint density at radius 1 is 1.14 bits per heavy atom. The summed E-state index contributed by atoms with van der Waals surface area (Å²) in [6, 6.07) is 9.82. The Balaban J connectivity index is 3.30. The van der Waals surface area contributed by atoms with Gasteiger partial charge in [-0.15, -0.1) is 0 Å². The zero-order valence-corrected chi connectivity index (χ0v) is 12.1. The average molecular weight is 295 g/mol. The summed E-state index contributed by atoms with van der Waals surface area (Å²) in [7, 11) is 1.47. The lowest BCUT2D eigenvalue weighted by molar-refractivity contribution is -0.115. The van der Waals surface area contributed by atoms with Gasteiger partial charge in [-0.2, -0.15) is 15.8 Å². The van der Waals surface area contributed by atoms with E-state index in [4.69, 9.17) is 20.5 Å². The quantitative estimate of drug-likeness (QED) is 0.803. The van der Waals surface area contributed by atoms with Gasteiger partial charge in [-0.25, -0.2) is 0 Å². The van der Waals surface area contributed by atoms with Gasteiger partial charge in [-0.3, -0.25) is 4.79 Å². The summed E-state index contributed by atoms with van der Waals surface area (Å²) in [6.07, 6.45) is 0.286. The van der Waals surface area contributed by atoms with E-state index in [1.165, 1.54) is 7.11 Å². The Morgan fingerprint density at radius 3 is 2.32 bits per heavy atom. The largest absolute Gasteiger partial charge is 0.497 e. The number of nitriles is 3. The van der Waals surface area contributed by atoms with E-state index >= 15 is 0 Å². The first kappa shape index (κ1) is 16.6. The first-order valence-electron chi connectivity index (χ1n) is 6.29. The summed E-state index contributed by atoms with van der Waals surface area (Å²) < 4.78 is 5.09. The molecular weight excluding hydrogens is 282 g/mol. The number of nitrogens with one attached hydrogen (secondary N) is 2. The highest BCUT2D eigenvalue weighted by atomic mass is 16.5. The molecule has 1 rings (SSSR count). The fourth-order valence-electron chi connectivity index (χ4n) is 1.52. The molecule has 0 bridgehead atoms. The van der Waals surface area contributed by atoms with E-state index in [2.05, 4.69) is 10.6 Å². The second-order valence-electron chi connectivity index (χ2n) is 4.02. The van der Waals surface area contributed by atoms with E-state index in [0.717, 1.165) is 0 Å². The molecule has 0 radical (unpaired) electrons. The number of allylic oxidation sites excluding steroid dienone is 2. The third-order valence-electron chi connectivity index (χ3n) is 2.67. The number of hydrogen-bond donors (Lipinski definition) is 2. The molecule has 2 N–H and O–H groups in total. The van der Waals surface area contributed by atoms with E-state index in [0.29, 0.717) is 17.1 Å². The monoisotopic (exact) mass is 295 g/mol. The number of anilines is 2. The second-order valence-corrected chi connectivity index (χ2v) is 4.02. The van der Waals surface area contributed by atoms with Gasteiger partial charge in [0, 0.05) is 12.5 Å². The molecule has 0 saturated heterocycles. The summed E-state index contributed by atoms with van der Waals surface area (Å²) in [5.41, 5.74) is 0.208. The van der Waals surface area contributed by atoms with Crippen molar-refractivity contribution in [2.24, 2.45) is 0 Å². The Kier molecular flexibility index (Phi) is 5.97. The summed E-state index contributed by atoms with van der Waals surface area (Å²) in [5.74, 6) is 0.279. The lowest BCUT2D eigenvalue weighted by Crippen LogP contribution is -2.12. The predicted octanol–water partition coefficient (Wildman–Crippen LogP) is 2.28. The Hall–Kier alpha value is -3.50. The fourth-order valence-corrected chi connectivity index (χ4v) is 1.52. The summed E-state index contributed by atoms with van der Waals surface area (Å²) in [5, 5.41) is 32.1. The van der Waals surface area contributed by atoms with Crippen molar-refractivity contribution in [2.45, 2.75) is 13.3 Å². The molecule has 1 aromatic rings. The van der Waals surface area contributed by atoms with Crippen molar-refractivity contribution in [1.29, 1.82) is 15.8 Å². The van der Waals surface area contributed by atoms with Crippen LogP contribution in [0.25, 0.3) is 0 Å². The third-order valence-corrected chi connectivity index (χ3v) is 2.67. The Morgan fingerprint density at radius 2 is 1.82 bits per heavy atom. The van der Waals surface area contributed by atoms with Crippen molar-refractivity contribution in [2.75, 3.05) is 17.7 Å². The first-order chi connectivity index (χ1) is 10.6. The molecule has 0 aliphatic heterocycles. The van der Waals surface area contributed by atoms with Crippen LogP contribution in [0.15, 0.2) is 29.5 Å². The van der Waals surface area contributed by atoms with Crippen LogP contribution >= 0.6 is 0 Å². The van der Waals surface area contributed by atoms with Gasteiger partial charge in [0.05, 0.1) is 18.5 Å². The van der Waals surface area contributed by atoms with E-state index < -0.39 is 0 Å². The highest BCUT2D eigenvalue weighted by Gasteiger charge is 2.12. The standard InChI is InChI=1S/C15H13N5O2/c1-3-15(21)20-12-5-4-11(22-2)6-13(12)19-14(9-18)10(7-16)8-17/h4-6,19H,3H2,1-2H3,(H,20,21). The van der Waals surface area contributed by atoms with Crippen molar-refractivity contribution >= 4 is 17.3 Å². The predicted molar refractivity (Wildman–Crippen MR) is 79.4 cm³/mol. The molecule has 22 heavy (non-hydrogen) atoms.